The number of nitrogens with one attached hydrogen (secondary N) is 2. The lowest BCUT2D eigenvalue weighted by molar-refractivity contribution is -0.384. The molecule has 49 heavy (non-hydrogen) atoms. The summed E-state index contributed by atoms with van der Waals surface area (Å²) in [5.41, 5.74) is 12.5. The minimum absolute atomic E-state index is 0.0693. The summed E-state index contributed by atoms with van der Waals surface area (Å²) in [6.45, 7) is 11.4. The average Bonchev–Trinajstić information content (AvgIpc) is 3.39. The molecule has 0 saturated carbocycles. The molecule has 2 N–H and O–H groups in total. The Kier molecular flexibility index (Phi) is 13.0. The van der Waals surface area contributed by atoms with Crippen LogP contribution in [0.5, 0.6) is 0 Å². The summed E-state index contributed by atoms with van der Waals surface area (Å²) in [5.74, 6) is -0.319. The van der Waals surface area contributed by atoms with Crippen molar-refractivity contribution in [1.29, 1.82) is 0 Å². The van der Waals surface area contributed by atoms with Crippen LogP contribution in [0.1, 0.15) is 83.2 Å². The van der Waals surface area contributed by atoms with Crippen molar-refractivity contribution in [3.8, 4) is 22.4 Å². The van der Waals surface area contributed by atoms with Crippen LogP contribution in [0.15, 0.2) is 54.7 Å². The molecule has 4 aromatic rings. The molecule has 0 radical (unpaired) electrons. The van der Waals surface area contributed by atoms with Crippen molar-refractivity contribution in [1.82, 2.24) is 20.4 Å². The number of benzene rings is 2. The number of nitro benzene ring substituents is 1. The Morgan fingerprint density at radius 2 is 1.88 bits per heavy atom. The van der Waals surface area contributed by atoms with Crippen LogP contribution in [0.25, 0.3) is 33.3 Å². The van der Waals surface area contributed by atoms with Crippen molar-refractivity contribution in [2.45, 2.75) is 85.8 Å². The molecule has 0 fully saturated rings. The Morgan fingerprint density at radius 1 is 1.10 bits per heavy atom. The lowest BCUT2D eigenvalue weighted by atomic mass is 9.84. The van der Waals surface area contributed by atoms with Crippen LogP contribution in [-0.4, -0.2) is 47.1 Å². The third-order valence-electron chi connectivity index (χ3n) is 8.84. The molecule has 2 heterocycles. The lowest BCUT2D eigenvalue weighted by Crippen LogP contribution is -2.30. The molecule has 0 saturated heterocycles. The zero-order valence-corrected chi connectivity index (χ0v) is 29.5. The van der Waals surface area contributed by atoms with Crippen LogP contribution in [0.3, 0.4) is 0 Å². The second kappa shape index (κ2) is 17.2. The predicted molar refractivity (Wildman–Crippen MR) is 192 cm³/mol. The van der Waals surface area contributed by atoms with Gasteiger partial charge >= 0.3 is 5.97 Å². The molecular formula is C38H49N5O6. The minimum atomic E-state index is -0.391. The van der Waals surface area contributed by atoms with Crippen LogP contribution in [0.2, 0.25) is 0 Å². The molecule has 11 heteroatoms. The Balaban J connectivity index is 1.81. The number of carbonyl (C=O) groups is 2. The predicted octanol–water partition coefficient (Wildman–Crippen LogP) is 7.49. The number of carbonyl (C=O) groups excluding carboxylic acids is 2. The molecule has 4 rings (SSSR count). The molecule has 1 atom stereocenters. The molecule has 11 nitrogen and oxygen atoms in total. The summed E-state index contributed by atoms with van der Waals surface area (Å²) in [6, 6.07) is 15.7. The number of nitro groups is 1. The number of unbranched alkanes of at least 4 members (excludes halogenated alkanes) is 3. The fourth-order valence-electron chi connectivity index (χ4n) is 6.40. The first kappa shape index (κ1) is 37.2. The Bertz CT molecular complexity index is 1770. The molecule has 1 amide bonds. The fraction of sp³-hybridized carbons (Fsp3) is 0.447. The van der Waals surface area contributed by atoms with Gasteiger partial charge in [0.25, 0.3) is 5.69 Å². The lowest BCUT2D eigenvalue weighted by Gasteiger charge is -2.25. The summed E-state index contributed by atoms with van der Waals surface area (Å²) >= 11 is 0. The number of rotatable bonds is 19. The molecule has 2 aromatic heterocycles. The number of methoxy groups -OCH3 is 1. The first-order chi connectivity index (χ1) is 23.5. The number of hydrogen-bond acceptors (Lipinski definition) is 8. The second-order valence-electron chi connectivity index (χ2n) is 13.2. The van der Waals surface area contributed by atoms with Crippen LogP contribution >= 0.6 is 0 Å². The van der Waals surface area contributed by atoms with E-state index in [2.05, 4.69) is 60.5 Å². The molecule has 1 unspecified atom stereocenters. The number of nitrogens with zero attached hydrogens (tertiary/aromatic N) is 3. The normalized spacial score (nSPS) is 12.2. The highest BCUT2D eigenvalue weighted by Gasteiger charge is 2.29. The van der Waals surface area contributed by atoms with Crippen molar-refractivity contribution in [2.75, 3.05) is 20.3 Å². The highest BCUT2D eigenvalue weighted by atomic mass is 16.6. The molecule has 2 aromatic carbocycles. The number of aryl methyl sites for hydroxylation is 2. The van der Waals surface area contributed by atoms with E-state index in [1.54, 1.807) is 25.4 Å². The SMILES string of the molecule is CCn1c(-c2cccnc2C(C)OC)c(CC(C)(C)COC(C)=O)c2cc(-c3cc(CCCCCCNNC=O)cc([N+](=O)[O-])c3)ccc21. The van der Waals surface area contributed by atoms with E-state index in [9.17, 15) is 19.7 Å². The number of hydrogen-bond donors (Lipinski definition) is 2. The van der Waals surface area contributed by atoms with Gasteiger partial charge in [0.05, 0.1) is 29.0 Å². The second-order valence-corrected chi connectivity index (χ2v) is 13.2. The summed E-state index contributed by atoms with van der Waals surface area (Å²) in [5, 5.41) is 13.1. The summed E-state index contributed by atoms with van der Waals surface area (Å²) in [7, 11) is 1.68. The molecule has 0 aliphatic rings. The van der Waals surface area contributed by atoms with Gasteiger partial charge in [-0.25, -0.2) is 5.43 Å². The highest BCUT2D eigenvalue weighted by Crippen LogP contribution is 2.42. The van der Waals surface area contributed by atoms with Crippen molar-refractivity contribution in [2.24, 2.45) is 5.41 Å². The Morgan fingerprint density at radius 3 is 2.57 bits per heavy atom. The van der Waals surface area contributed by atoms with Crippen molar-refractivity contribution in [3.63, 3.8) is 0 Å². The van der Waals surface area contributed by atoms with Gasteiger partial charge in [-0.3, -0.25) is 30.1 Å². The molecule has 0 spiro atoms. The minimum Gasteiger partial charge on any atom is -0.465 e. The quantitative estimate of drug-likeness (QED) is 0.0344. The summed E-state index contributed by atoms with van der Waals surface area (Å²) < 4.78 is 13.5. The van der Waals surface area contributed by atoms with Crippen LogP contribution in [0, 0.1) is 15.5 Å². The largest absolute Gasteiger partial charge is 0.465 e. The number of amides is 1. The first-order valence-corrected chi connectivity index (χ1v) is 17.0. The van der Waals surface area contributed by atoms with Gasteiger partial charge in [-0.2, -0.15) is 0 Å². The van der Waals surface area contributed by atoms with Gasteiger partial charge in [-0.05, 0) is 86.1 Å². The maximum atomic E-state index is 12.0. The van der Waals surface area contributed by atoms with Crippen LogP contribution < -0.4 is 10.9 Å². The van der Waals surface area contributed by atoms with Gasteiger partial charge in [0.1, 0.15) is 0 Å². The number of esters is 1. The van der Waals surface area contributed by atoms with E-state index in [1.165, 1.54) is 6.92 Å². The zero-order chi connectivity index (χ0) is 35.6. The van der Waals surface area contributed by atoms with E-state index in [-0.39, 0.29) is 29.3 Å². The van der Waals surface area contributed by atoms with E-state index in [4.69, 9.17) is 14.5 Å². The van der Waals surface area contributed by atoms with Gasteiger partial charge in [-0.1, -0.05) is 38.8 Å². The van der Waals surface area contributed by atoms with E-state index in [0.29, 0.717) is 25.9 Å². The van der Waals surface area contributed by atoms with Gasteiger partial charge in [0.15, 0.2) is 0 Å². The first-order valence-electron chi connectivity index (χ1n) is 17.0. The third kappa shape index (κ3) is 9.51. The van der Waals surface area contributed by atoms with Gasteiger partial charge in [0.2, 0.25) is 6.41 Å². The van der Waals surface area contributed by atoms with Crippen molar-refractivity contribution < 1.29 is 24.0 Å². The number of fused-ring (bicyclic) bond motifs is 1. The highest BCUT2D eigenvalue weighted by molar-refractivity contribution is 5.95. The molecule has 262 valence electrons. The van der Waals surface area contributed by atoms with Crippen LogP contribution in [-0.2, 0) is 38.4 Å². The summed E-state index contributed by atoms with van der Waals surface area (Å²) in [6.07, 6.45) is 7.28. The topological polar surface area (TPSA) is 138 Å². The maximum Gasteiger partial charge on any atom is 0.302 e. The van der Waals surface area contributed by atoms with Crippen molar-refractivity contribution in [3.05, 3.63) is 81.7 Å². The van der Waals surface area contributed by atoms with Gasteiger partial charge < -0.3 is 14.0 Å². The number of ether oxygens (including phenoxy) is 2. The number of aromatic nitrogens is 2. The van der Waals surface area contributed by atoms with E-state index >= 15 is 0 Å². The molecule has 0 aliphatic heterocycles. The third-order valence-corrected chi connectivity index (χ3v) is 8.84. The van der Waals surface area contributed by atoms with E-state index in [0.717, 1.165) is 82.2 Å². The monoisotopic (exact) mass is 671 g/mol. The molecule has 0 aliphatic carbocycles. The van der Waals surface area contributed by atoms with E-state index in [1.807, 2.05) is 19.1 Å². The smallest absolute Gasteiger partial charge is 0.302 e. The van der Waals surface area contributed by atoms with Gasteiger partial charge in [0, 0.05) is 67.3 Å². The fourth-order valence-corrected chi connectivity index (χ4v) is 6.40. The molecular weight excluding hydrogens is 622 g/mol. The standard InChI is InChI=1S/C38H49N5O6/c1-7-42-35-16-15-29(30-19-28(20-31(21-30)43(46)47)13-10-8-9-11-18-40-41-25-44)22-33(35)34(23-38(4,5)24-49-27(3)45)37(42)32-14-12-17-39-36(32)26(2)48-6/h12,14-17,19-22,25-26,40H,7-11,13,18,23-24H2,1-6H3,(H,41,44). The maximum absolute atomic E-state index is 12.0. The number of hydrazine groups is 1. The van der Waals surface area contributed by atoms with Gasteiger partial charge in [-0.15, -0.1) is 0 Å². The van der Waals surface area contributed by atoms with E-state index < -0.39 is 5.41 Å². The molecule has 0 bridgehead atoms. The number of non-ortho nitro benzene ring substituents is 1. The number of pyridine rings is 1. The Labute approximate surface area is 288 Å². The Hall–Kier alpha value is -4.61. The van der Waals surface area contributed by atoms with Crippen molar-refractivity contribution >= 4 is 29.0 Å². The average molecular weight is 672 g/mol. The van der Waals surface area contributed by atoms with Crippen LogP contribution in [0.4, 0.5) is 5.69 Å². The summed E-state index contributed by atoms with van der Waals surface area (Å²) in [4.78, 5) is 38.6. The zero-order valence-electron chi connectivity index (χ0n) is 29.5.